The number of anilines is 1. The number of aromatic nitrogens is 2. The Kier molecular flexibility index (Phi) is 4.77. The van der Waals surface area contributed by atoms with Crippen molar-refractivity contribution < 1.29 is 9.84 Å². The van der Waals surface area contributed by atoms with Gasteiger partial charge in [-0.1, -0.05) is 17.8 Å². The zero-order valence-corrected chi connectivity index (χ0v) is 15.7. The summed E-state index contributed by atoms with van der Waals surface area (Å²) in [7, 11) is 0. The molecule has 0 saturated carbocycles. The average molecular weight is 372 g/mol. The minimum Gasteiger partial charge on any atom is -0.508 e. The summed E-state index contributed by atoms with van der Waals surface area (Å²) in [6.07, 6.45) is 5.83. The van der Waals surface area contributed by atoms with Crippen molar-refractivity contribution >= 4 is 17.6 Å². The molecular weight excluding hydrogens is 348 g/mol. The minimum absolute atomic E-state index is 0.119. The Hall–Kier alpha value is -1.83. The van der Waals surface area contributed by atoms with Crippen LogP contribution in [0.15, 0.2) is 46.6 Å². The van der Waals surface area contributed by atoms with Gasteiger partial charge in [0.1, 0.15) is 16.6 Å². The predicted octanol–water partition coefficient (Wildman–Crippen LogP) is 2.67. The molecule has 2 saturated heterocycles. The maximum Gasteiger partial charge on any atom is 0.147 e. The van der Waals surface area contributed by atoms with Crippen molar-refractivity contribution in [1.82, 2.24) is 9.97 Å². The third kappa shape index (κ3) is 3.39. The molecule has 7 heteroatoms. The molecule has 0 bridgehead atoms. The largest absolute Gasteiger partial charge is 0.508 e. The summed E-state index contributed by atoms with van der Waals surface area (Å²) in [5.41, 5.74) is 6.50. The van der Waals surface area contributed by atoms with Crippen LogP contribution in [-0.2, 0) is 4.74 Å². The Balaban J connectivity index is 1.39. The van der Waals surface area contributed by atoms with Gasteiger partial charge in [-0.2, -0.15) is 0 Å². The summed E-state index contributed by atoms with van der Waals surface area (Å²) in [6.45, 7) is 4.70. The Morgan fingerprint density at radius 3 is 2.69 bits per heavy atom. The SMILES string of the molecule is C[C@@H]1OCC2(CCN(c3cnc(Sc4cccc(O)c4)cn3)CC2)[C@@H]1N. The van der Waals surface area contributed by atoms with Gasteiger partial charge in [-0.05, 0) is 38.0 Å². The first-order valence-electron chi connectivity index (χ1n) is 8.97. The number of piperidine rings is 1. The first-order valence-corrected chi connectivity index (χ1v) is 9.78. The van der Waals surface area contributed by atoms with Crippen LogP contribution in [0.25, 0.3) is 0 Å². The summed E-state index contributed by atoms with van der Waals surface area (Å²) in [5, 5.41) is 10.4. The predicted molar refractivity (Wildman–Crippen MR) is 102 cm³/mol. The van der Waals surface area contributed by atoms with Crippen LogP contribution in [0.3, 0.4) is 0 Å². The van der Waals surface area contributed by atoms with Crippen LogP contribution in [0.1, 0.15) is 19.8 Å². The Morgan fingerprint density at radius 1 is 1.27 bits per heavy atom. The van der Waals surface area contributed by atoms with E-state index in [2.05, 4.69) is 21.8 Å². The van der Waals surface area contributed by atoms with E-state index in [4.69, 9.17) is 10.5 Å². The van der Waals surface area contributed by atoms with Gasteiger partial charge in [-0.15, -0.1) is 0 Å². The molecule has 0 unspecified atom stereocenters. The number of phenols is 1. The van der Waals surface area contributed by atoms with E-state index in [1.165, 1.54) is 11.8 Å². The standard InChI is InChI=1S/C19H24N4O2S/c1-13-18(20)19(12-25-13)5-7-23(8-6-19)16-10-22-17(11-21-16)26-15-4-2-3-14(24)9-15/h2-4,9-11,13,18,24H,5-8,12,20H2,1H3/t13-,18+/m0/s1. The highest BCUT2D eigenvalue weighted by Gasteiger charge is 2.47. The third-order valence-corrected chi connectivity index (χ3v) is 6.49. The molecule has 2 aromatic rings. The second kappa shape index (κ2) is 7.06. The lowest BCUT2D eigenvalue weighted by atomic mass is 9.73. The van der Waals surface area contributed by atoms with E-state index in [0.717, 1.165) is 48.3 Å². The van der Waals surface area contributed by atoms with Crippen molar-refractivity contribution in [3.05, 3.63) is 36.7 Å². The van der Waals surface area contributed by atoms with Crippen LogP contribution in [-0.4, -0.2) is 46.9 Å². The van der Waals surface area contributed by atoms with Gasteiger partial charge in [-0.3, -0.25) is 0 Å². The zero-order chi connectivity index (χ0) is 18.1. The Bertz CT molecular complexity index is 762. The minimum atomic E-state index is 0.119. The van der Waals surface area contributed by atoms with Crippen LogP contribution in [0.5, 0.6) is 5.75 Å². The molecule has 2 fully saturated rings. The van der Waals surface area contributed by atoms with Crippen molar-refractivity contribution in [3.63, 3.8) is 0 Å². The van der Waals surface area contributed by atoms with Gasteiger partial charge in [0, 0.05) is 29.4 Å². The molecule has 1 spiro atoms. The maximum absolute atomic E-state index is 9.55. The monoisotopic (exact) mass is 372 g/mol. The summed E-state index contributed by atoms with van der Waals surface area (Å²) in [4.78, 5) is 12.3. The van der Waals surface area contributed by atoms with Gasteiger partial charge in [0.05, 0.1) is 25.1 Å². The summed E-state index contributed by atoms with van der Waals surface area (Å²) in [5.74, 6) is 1.16. The molecular formula is C19H24N4O2S. The van der Waals surface area contributed by atoms with Crippen LogP contribution in [0.2, 0.25) is 0 Å². The highest BCUT2D eigenvalue weighted by molar-refractivity contribution is 7.99. The van der Waals surface area contributed by atoms with E-state index < -0.39 is 0 Å². The van der Waals surface area contributed by atoms with Crippen LogP contribution >= 0.6 is 11.8 Å². The van der Waals surface area contributed by atoms with Gasteiger partial charge >= 0.3 is 0 Å². The molecule has 138 valence electrons. The number of rotatable bonds is 3. The van der Waals surface area contributed by atoms with Crippen molar-refractivity contribution in [2.75, 3.05) is 24.6 Å². The quantitative estimate of drug-likeness (QED) is 0.857. The van der Waals surface area contributed by atoms with Gasteiger partial charge in [0.25, 0.3) is 0 Å². The number of aromatic hydroxyl groups is 1. The van der Waals surface area contributed by atoms with E-state index in [0.29, 0.717) is 0 Å². The molecule has 1 aromatic heterocycles. The van der Waals surface area contributed by atoms with Crippen LogP contribution < -0.4 is 10.6 Å². The lowest BCUT2D eigenvalue weighted by Gasteiger charge is -2.41. The van der Waals surface area contributed by atoms with E-state index in [9.17, 15) is 5.11 Å². The van der Waals surface area contributed by atoms with E-state index in [-0.39, 0.29) is 23.3 Å². The first-order chi connectivity index (χ1) is 12.6. The molecule has 2 aliphatic heterocycles. The molecule has 2 aliphatic rings. The highest BCUT2D eigenvalue weighted by atomic mass is 32.2. The topological polar surface area (TPSA) is 84.5 Å². The Morgan fingerprint density at radius 2 is 2.08 bits per heavy atom. The molecule has 4 rings (SSSR count). The second-order valence-corrected chi connectivity index (χ2v) is 8.30. The fourth-order valence-electron chi connectivity index (χ4n) is 3.85. The van der Waals surface area contributed by atoms with Crippen molar-refractivity contribution in [1.29, 1.82) is 0 Å². The molecule has 26 heavy (non-hydrogen) atoms. The summed E-state index contributed by atoms with van der Waals surface area (Å²) in [6, 6.07) is 7.26. The number of ether oxygens (including phenoxy) is 1. The lowest BCUT2D eigenvalue weighted by molar-refractivity contribution is 0.0974. The van der Waals surface area contributed by atoms with Gasteiger partial charge in [0.2, 0.25) is 0 Å². The molecule has 0 aliphatic carbocycles. The molecule has 6 nitrogen and oxygen atoms in total. The number of nitrogens with two attached hydrogens (primary N) is 1. The maximum atomic E-state index is 9.55. The fraction of sp³-hybridized carbons (Fsp3) is 0.474. The number of hydrogen-bond donors (Lipinski definition) is 2. The van der Waals surface area contributed by atoms with Gasteiger partial charge < -0.3 is 20.5 Å². The number of hydrogen-bond acceptors (Lipinski definition) is 7. The second-order valence-electron chi connectivity index (χ2n) is 7.20. The number of nitrogens with zero attached hydrogens (tertiary/aromatic N) is 3. The fourth-order valence-corrected chi connectivity index (χ4v) is 4.63. The van der Waals surface area contributed by atoms with Crippen LogP contribution in [0.4, 0.5) is 5.82 Å². The van der Waals surface area contributed by atoms with Gasteiger partial charge in [-0.25, -0.2) is 9.97 Å². The van der Waals surface area contributed by atoms with E-state index in [1.807, 2.05) is 18.3 Å². The molecule has 0 radical (unpaired) electrons. The number of benzene rings is 1. The molecule has 0 amide bonds. The molecule has 3 N–H and O–H groups in total. The zero-order valence-electron chi connectivity index (χ0n) is 14.8. The normalized spacial score (nSPS) is 24.9. The average Bonchev–Trinajstić information content (AvgIpc) is 2.92. The molecule has 2 atom stereocenters. The van der Waals surface area contributed by atoms with Crippen molar-refractivity contribution in [3.8, 4) is 5.75 Å². The molecule has 1 aromatic carbocycles. The van der Waals surface area contributed by atoms with E-state index >= 15 is 0 Å². The van der Waals surface area contributed by atoms with Crippen molar-refractivity contribution in [2.45, 2.75) is 41.8 Å². The summed E-state index contributed by atoms with van der Waals surface area (Å²) < 4.78 is 5.79. The summed E-state index contributed by atoms with van der Waals surface area (Å²) >= 11 is 1.49. The molecule has 3 heterocycles. The van der Waals surface area contributed by atoms with Crippen molar-refractivity contribution in [2.24, 2.45) is 11.1 Å². The third-order valence-electron chi connectivity index (χ3n) is 5.58. The van der Waals surface area contributed by atoms with Crippen LogP contribution in [0, 0.1) is 5.41 Å². The lowest BCUT2D eigenvalue weighted by Crippen LogP contribution is -2.50. The highest BCUT2D eigenvalue weighted by Crippen LogP contribution is 2.41. The first kappa shape index (κ1) is 17.6. The number of phenolic OH excluding ortho intramolecular Hbond substituents is 1. The van der Waals surface area contributed by atoms with Gasteiger partial charge in [0.15, 0.2) is 0 Å². The Labute approximate surface area is 157 Å². The smallest absolute Gasteiger partial charge is 0.147 e. The van der Waals surface area contributed by atoms with E-state index in [1.54, 1.807) is 18.3 Å².